The highest BCUT2D eigenvalue weighted by atomic mass is 14.8. The molecule has 6 aromatic carbocycles. The Kier molecular flexibility index (Phi) is 6.87. The number of nitrogens with one attached hydrogen (secondary N) is 2. The van der Waals surface area contributed by atoms with Gasteiger partial charge in [0.2, 0.25) is 0 Å². The third-order valence-corrected chi connectivity index (χ3v) is 10.3. The molecule has 0 saturated carbocycles. The van der Waals surface area contributed by atoms with Crippen LogP contribution in [0.25, 0.3) is 28.3 Å². The van der Waals surface area contributed by atoms with Crippen molar-refractivity contribution in [1.29, 1.82) is 0 Å². The second kappa shape index (κ2) is 11.2. The van der Waals surface area contributed by atoms with Crippen LogP contribution in [0, 0.1) is 0 Å². The predicted molar refractivity (Wildman–Crippen MR) is 195 cm³/mol. The quantitative estimate of drug-likeness (QED) is 0.192. The lowest BCUT2D eigenvalue weighted by atomic mass is 9.54. The van der Waals surface area contributed by atoms with Crippen LogP contribution in [-0.2, 0) is 5.41 Å². The van der Waals surface area contributed by atoms with Gasteiger partial charge in [-0.05, 0) is 92.9 Å². The number of fused-ring (bicyclic) bond motifs is 4. The molecule has 2 aliphatic rings. The van der Waals surface area contributed by atoms with Gasteiger partial charge in [0.1, 0.15) is 0 Å². The van der Waals surface area contributed by atoms with E-state index in [-0.39, 0.29) is 11.8 Å². The smallest absolute Gasteiger partial charge is 0.0418 e. The highest BCUT2D eigenvalue weighted by Gasteiger charge is 2.54. The summed E-state index contributed by atoms with van der Waals surface area (Å²) in [6.45, 7) is 2.35. The van der Waals surface area contributed by atoms with E-state index in [1.807, 2.05) is 14.1 Å². The third kappa shape index (κ3) is 4.24. The molecule has 1 unspecified atom stereocenters. The van der Waals surface area contributed by atoms with Gasteiger partial charge >= 0.3 is 0 Å². The number of benzene rings is 6. The van der Waals surface area contributed by atoms with Gasteiger partial charge in [-0.3, -0.25) is 0 Å². The van der Waals surface area contributed by atoms with E-state index in [0.29, 0.717) is 0 Å². The lowest BCUT2D eigenvalue weighted by Crippen LogP contribution is -2.41. The van der Waals surface area contributed by atoms with Gasteiger partial charge in [-0.2, -0.15) is 0 Å². The van der Waals surface area contributed by atoms with Crippen molar-refractivity contribution in [2.45, 2.75) is 24.2 Å². The number of hydrogen-bond acceptors (Lipinski definition) is 2. The average molecular weight is 595 g/mol. The minimum Gasteiger partial charge on any atom is -0.388 e. The zero-order valence-electron chi connectivity index (χ0n) is 26.6. The van der Waals surface area contributed by atoms with Gasteiger partial charge in [-0.15, -0.1) is 0 Å². The molecule has 0 amide bonds. The molecule has 8 rings (SSSR count). The van der Waals surface area contributed by atoms with Crippen molar-refractivity contribution in [1.82, 2.24) is 0 Å². The Morgan fingerprint density at radius 1 is 0.478 bits per heavy atom. The minimum atomic E-state index is -0.443. The van der Waals surface area contributed by atoms with E-state index >= 15 is 0 Å². The fourth-order valence-corrected chi connectivity index (χ4v) is 8.44. The lowest BCUT2D eigenvalue weighted by Gasteiger charge is -2.47. The third-order valence-electron chi connectivity index (χ3n) is 10.3. The zero-order chi connectivity index (χ0) is 31.3. The summed E-state index contributed by atoms with van der Waals surface area (Å²) in [5, 5.41) is 6.90. The Morgan fingerprint density at radius 2 is 1.00 bits per heavy atom. The first-order valence-electron chi connectivity index (χ1n) is 16.3. The standard InChI is InChI=1S/C44H38N2/c1-29-25-32-26-31(30-13-7-4-8-14-30)19-22-37(32)42(29)44(33-15-9-5-10-16-33,34-17-11-6-12-18-34)43-40-27-35(45-2)20-23-38(40)39-24-21-36(46-3)28-41(39)43/h4-28,42-43,45-46H,1-3H3. The molecule has 46 heavy (non-hydrogen) atoms. The molecule has 6 aromatic rings. The largest absolute Gasteiger partial charge is 0.388 e. The highest BCUT2D eigenvalue weighted by molar-refractivity contribution is 5.85. The molecule has 0 saturated heterocycles. The molecule has 0 spiro atoms. The monoisotopic (exact) mass is 594 g/mol. The van der Waals surface area contributed by atoms with Crippen LogP contribution in [0.1, 0.15) is 52.1 Å². The normalized spacial score (nSPS) is 15.1. The SMILES string of the molecule is CNc1ccc2c(c1)C(C(c1ccccc1)(c1ccccc1)C1C(C)=Cc3cc(-c4ccccc4)ccc31)c1cc(NC)ccc1-2. The number of rotatable bonds is 7. The molecular formula is C44H38N2. The molecule has 2 nitrogen and oxygen atoms in total. The van der Waals surface area contributed by atoms with Crippen molar-refractivity contribution >= 4 is 17.5 Å². The van der Waals surface area contributed by atoms with E-state index in [2.05, 4.69) is 169 Å². The molecule has 0 aromatic heterocycles. The molecule has 0 heterocycles. The molecule has 2 heteroatoms. The molecule has 0 fully saturated rings. The Labute approximate surface area is 272 Å². The van der Waals surface area contributed by atoms with Crippen molar-refractivity contribution in [3.05, 3.63) is 185 Å². The van der Waals surface area contributed by atoms with Crippen LogP contribution in [0.15, 0.2) is 151 Å². The molecule has 224 valence electrons. The Bertz CT molecular complexity index is 1980. The van der Waals surface area contributed by atoms with Crippen LogP contribution in [0.2, 0.25) is 0 Å². The lowest BCUT2D eigenvalue weighted by molar-refractivity contribution is 0.405. The topological polar surface area (TPSA) is 24.1 Å². The first-order valence-corrected chi connectivity index (χ1v) is 16.3. The maximum absolute atomic E-state index is 3.45. The summed E-state index contributed by atoms with van der Waals surface area (Å²) < 4.78 is 0. The Hall–Kier alpha value is -5.34. The fourth-order valence-electron chi connectivity index (χ4n) is 8.44. The molecule has 0 radical (unpaired) electrons. The van der Waals surface area contributed by atoms with E-state index in [4.69, 9.17) is 0 Å². The Morgan fingerprint density at radius 3 is 1.52 bits per heavy atom. The average Bonchev–Trinajstić information content (AvgIpc) is 3.63. The molecule has 0 aliphatic heterocycles. The maximum atomic E-state index is 3.45. The van der Waals surface area contributed by atoms with Gasteiger partial charge in [0.15, 0.2) is 0 Å². The summed E-state index contributed by atoms with van der Waals surface area (Å²) in [6, 6.07) is 54.3. The first-order chi connectivity index (χ1) is 22.6. The van der Waals surface area contributed by atoms with Crippen molar-refractivity contribution < 1.29 is 0 Å². The van der Waals surface area contributed by atoms with E-state index < -0.39 is 5.41 Å². The molecular weight excluding hydrogens is 556 g/mol. The van der Waals surface area contributed by atoms with E-state index in [1.54, 1.807) is 0 Å². The second-order valence-electron chi connectivity index (χ2n) is 12.7. The second-order valence-corrected chi connectivity index (χ2v) is 12.7. The van der Waals surface area contributed by atoms with Gasteiger partial charge in [0.25, 0.3) is 0 Å². The van der Waals surface area contributed by atoms with Crippen LogP contribution in [0.3, 0.4) is 0 Å². The zero-order valence-corrected chi connectivity index (χ0v) is 26.6. The highest BCUT2D eigenvalue weighted by Crippen LogP contribution is 2.64. The summed E-state index contributed by atoms with van der Waals surface area (Å²) in [5.41, 5.74) is 16.4. The van der Waals surface area contributed by atoms with Crippen molar-refractivity contribution in [2.75, 3.05) is 24.7 Å². The van der Waals surface area contributed by atoms with Crippen molar-refractivity contribution in [2.24, 2.45) is 0 Å². The van der Waals surface area contributed by atoms with Crippen LogP contribution in [0.5, 0.6) is 0 Å². The summed E-state index contributed by atoms with van der Waals surface area (Å²) in [5.74, 6) is 0.161. The van der Waals surface area contributed by atoms with Crippen LogP contribution >= 0.6 is 0 Å². The van der Waals surface area contributed by atoms with E-state index in [9.17, 15) is 0 Å². The summed E-state index contributed by atoms with van der Waals surface area (Å²) >= 11 is 0. The van der Waals surface area contributed by atoms with Gasteiger partial charge < -0.3 is 10.6 Å². The fraction of sp³-hybridized carbons (Fsp3) is 0.136. The Balaban J connectivity index is 1.48. The van der Waals surface area contributed by atoms with E-state index in [0.717, 1.165) is 11.4 Å². The van der Waals surface area contributed by atoms with Gasteiger partial charge in [-0.25, -0.2) is 0 Å². The van der Waals surface area contributed by atoms with Gasteiger partial charge in [-0.1, -0.05) is 127 Å². The summed E-state index contributed by atoms with van der Waals surface area (Å²) in [4.78, 5) is 0. The number of anilines is 2. The molecule has 2 aliphatic carbocycles. The molecule has 2 N–H and O–H groups in total. The number of allylic oxidation sites excluding steroid dienone is 1. The van der Waals surface area contributed by atoms with Gasteiger partial charge in [0, 0.05) is 42.7 Å². The van der Waals surface area contributed by atoms with Crippen molar-refractivity contribution in [3.8, 4) is 22.3 Å². The summed E-state index contributed by atoms with van der Waals surface area (Å²) in [6.07, 6.45) is 2.44. The van der Waals surface area contributed by atoms with E-state index in [1.165, 1.54) is 61.2 Å². The minimum absolute atomic E-state index is 0.0528. The molecule has 0 bridgehead atoms. The van der Waals surface area contributed by atoms with Crippen LogP contribution in [0.4, 0.5) is 11.4 Å². The predicted octanol–water partition coefficient (Wildman–Crippen LogP) is 10.7. The molecule has 1 atom stereocenters. The van der Waals surface area contributed by atoms with Gasteiger partial charge in [0.05, 0.1) is 0 Å². The van der Waals surface area contributed by atoms with Crippen molar-refractivity contribution in [3.63, 3.8) is 0 Å². The summed E-state index contributed by atoms with van der Waals surface area (Å²) in [7, 11) is 4.04. The van der Waals surface area contributed by atoms with Crippen LogP contribution in [-0.4, -0.2) is 14.1 Å². The van der Waals surface area contributed by atoms with Crippen LogP contribution < -0.4 is 10.6 Å². The maximum Gasteiger partial charge on any atom is 0.0418 e. The first kappa shape index (κ1) is 28.2. The number of hydrogen-bond donors (Lipinski definition) is 2.